The second-order valence-electron chi connectivity index (χ2n) is 2.57. The molecule has 0 aliphatic heterocycles. The molecular weight excluding hydrogens is 162 g/mol. The predicted octanol–water partition coefficient (Wildman–Crippen LogP) is 2.60. The molecule has 0 amide bonds. The lowest BCUT2D eigenvalue weighted by molar-refractivity contribution is 0.413. The minimum Gasteiger partial charge on any atom is -0.495 e. The maximum absolute atomic E-state index is 8.72. The summed E-state index contributed by atoms with van der Waals surface area (Å²) in [4.78, 5) is 0. The lowest BCUT2D eigenvalue weighted by atomic mass is 10.1. The lowest BCUT2D eigenvalue weighted by Crippen LogP contribution is -1.88. The van der Waals surface area contributed by atoms with Gasteiger partial charge in [0, 0.05) is 0 Å². The Balaban J connectivity index is 3.14. The van der Waals surface area contributed by atoms with E-state index in [4.69, 9.17) is 10.00 Å². The average Bonchev–Trinajstić information content (AvgIpc) is 2.18. The van der Waals surface area contributed by atoms with E-state index in [1.54, 1.807) is 13.2 Å². The molecule has 13 heavy (non-hydrogen) atoms. The van der Waals surface area contributed by atoms with E-state index in [0.717, 1.165) is 5.56 Å². The van der Waals surface area contributed by atoms with Crippen LogP contribution in [-0.2, 0) is 0 Å². The van der Waals surface area contributed by atoms with E-state index in [2.05, 4.69) is 6.07 Å². The Bertz CT molecular complexity index is 361. The zero-order valence-corrected chi connectivity index (χ0v) is 7.74. The highest BCUT2D eigenvalue weighted by atomic mass is 16.5. The molecule has 0 bridgehead atoms. The number of hydrogen-bond donors (Lipinski definition) is 0. The van der Waals surface area contributed by atoms with Gasteiger partial charge in [0.15, 0.2) is 0 Å². The lowest BCUT2D eigenvalue weighted by Gasteiger charge is -2.02. The summed E-state index contributed by atoms with van der Waals surface area (Å²) >= 11 is 0. The summed E-state index contributed by atoms with van der Waals surface area (Å²) in [5.41, 5.74) is 1.61. The summed E-state index contributed by atoms with van der Waals surface area (Å²) in [6, 6.07) is 7.56. The SMILES string of the molecule is C/C=C\c1ccc(C#N)c(OC)c1. The summed E-state index contributed by atoms with van der Waals surface area (Å²) < 4.78 is 5.07. The molecule has 0 unspecified atom stereocenters. The van der Waals surface area contributed by atoms with Crippen molar-refractivity contribution in [2.45, 2.75) is 6.92 Å². The summed E-state index contributed by atoms with van der Waals surface area (Å²) in [6.45, 7) is 1.95. The molecule has 0 saturated heterocycles. The number of nitrogens with zero attached hydrogens (tertiary/aromatic N) is 1. The quantitative estimate of drug-likeness (QED) is 0.688. The van der Waals surface area contributed by atoms with Crippen molar-refractivity contribution in [3.8, 4) is 11.8 Å². The molecule has 0 fully saturated rings. The summed E-state index contributed by atoms with van der Waals surface area (Å²) in [5, 5.41) is 8.72. The number of methoxy groups -OCH3 is 1. The maximum atomic E-state index is 8.72. The zero-order valence-electron chi connectivity index (χ0n) is 7.74. The Morgan fingerprint density at radius 3 is 2.77 bits per heavy atom. The van der Waals surface area contributed by atoms with Gasteiger partial charge in [0.05, 0.1) is 12.7 Å². The van der Waals surface area contributed by atoms with E-state index in [0.29, 0.717) is 11.3 Å². The fourth-order valence-corrected chi connectivity index (χ4v) is 1.10. The van der Waals surface area contributed by atoms with Crippen molar-refractivity contribution in [2.24, 2.45) is 0 Å². The van der Waals surface area contributed by atoms with Gasteiger partial charge >= 0.3 is 0 Å². The van der Waals surface area contributed by atoms with Crippen LogP contribution in [0.25, 0.3) is 6.08 Å². The van der Waals surface area contributed by atoms with Crippen LogP contribution in [0.4, 0.5) is 0 Å². The van der Waals surface area contributed by atoms with Crippen LogP contribution in [0.5, 0.6) is 5.75 Å². The average molecular weight is 173 g/mol. The standard InChI is InChI=1S/C11H11NO/c1-3-4-9-5-6-10(8-12)11(7-9)13-2/h3-7H,1-2H3/b4-3-. The molecular formula is C11H11NO. The number of nitriles is 1. The van der Waals surface area contributed by atoms with E-state index < -0.39 is 0 Å². The molecule has 1 aromatic rings. The van der Waals surface area contributed by atoms with Gasteiger partial charge in [-0.25, -0.2) is 0 Å². The fraction of sp³-hybridized carbons (Fsp3) is 0.182. The highest BCUT2D eigenvalue weighted by molar-refractivity contribution is 5.56. The zero-order chi connectivity index (χ0) is 9.68. The summed E-state index contributed by atoms with van der Waals surface area (Å²) in [5.74, 6) is 0.623. The maximum Gasteiger partial charge on any atom is 0.137 e. The molecule has 0 atom stereocenters. The summed E-state index contributed by atoms with van der Waals surface area (Å²) in [7, 11) is 1.57. The molecule has 0 saturated carbocycles. The molecule has 2 nitrogen and oxygen atoms in total. The van der Waals surface area contributed by atoms with E-state index >= 15 is 0 Å². The van der Waals surface area contributed by atoms with Crippen molar-refractivity contribution >= 4 is 6.08 Å². The first-order chi connectivity index (χ1) is 6.31. The smallest absolute Gasteiger partial charge is 0.137 e. The topological polar surface area (TPSA) is 33.0 Å². The number of rotatable bonds is 2. The molecule has 0 N–H and O–H groups in total. The van der Waals surface area contributed by atoms with E-state index in [1.807, 2.05) is 31.2 Å². The van der Waals surface area contributed by atoms with Gasteiger partial charge in [-0.3, -0.25) is 0 Å². The van der Waals surface area contributed by atoms with Crippen LogP contribution in [0.1, 0.15) is 18.1 Å². The van der Waals surface area contributed by atoms with Crippen LogP contribution in [0.15, 0.2) is 24.3 Å². The third kappa shape index (κ3) is 2.09. The minimum atomic E-state index is 0.566. The third-order valence-corrected chi connectivity index (χ3v) is 1.71. The Morgan fingerprint density at radius 2 is 2.23 bits per heavy atom. The first kappa shape index (κ1) is 9.34. The van der Waals surface area contributed by atoms with E-state index in [1.165, 1.54) is 0 Å². The number of hydrogen-bond acceptors (Lipinski definition) is 2. The van der Waals surface area contributed by atoms with E-state index in [9.17, 15) is 0 Å². The normalized spacial score (nSPS) is 9.92. The molecule has 0 aliphatic carbocycles. The molecule has 1 aromatic carbocycles. The highest BCUT2D eigenvalue weighted by Gasteiger charge is 2.00. The Labute approximate surface area is 78.1 Å². The Hall–Kier alpha value is -1.75. The minimum absolute atomic E-state index is 0.566. The number of ether oxygens (including phenoxy) is 1. The summed E-state index contributed by atoms with van der Waals surface area (Å²) in [6.07, 6.45) is 3.91. The second-order valence-corrected chi connectivity index (χ2v) is 2.57. The monoisotopic (exact) mass is 173 g/mol. The van der Waals surface area contributed by atoms with Gasteiger partial charge in [-0.2, -0.15) is 5.26 Å². The van der Waals surface area contributed by atoms with Crippen LogP contribution in [0, 0.1) is 11.3 Å². The van der Waals surface area contributed by atoms with Gasteiger partial charge < -0.3 is 4.74 Å². The van der Waals surface area contributed by atoms with Gasteiger partial charge in [0.25, 0.3) is 0 Å². The van der Waals surface area contributed by atoms with Gasteiger partial charge in [0.1, 0.15) is 11.8 Å². The molecule has 0 aromatic heterocycles. The Kier molecular flexibility index (Phi) is 3.10. The van der Waals surface area contributed by atoms with Crippen molar-refractivity contribution in [3.63, 3.8) is 0 Å². The van der Waals surface area contributed by atoms with Gasteiger partial charge in [-0.05, 0) is 24.6 Å². The van der Waals surface area contributed by atoms with Crippen molar-refractivity contribution in [1.29, 1.82) is 5.26 Å². The second kappa shape index (κ2) is 4.32. The molecule has 66 valence electrons. The molecule has 2 heteroatoms. The molecule has 0 radical (unpaired) electrons. The van der Waals surface area contributed by atoms with E-state index in [-0.39, 0.29) is 0 Å². The van der Waals surface area contributed by atoms with Crippen molar-refractivity contribution < 1.29 is 4.74 Å². The number of benzene rings is 1. The van der Waals surface area contributed by atoms with Crippen LogP contribution in [-0.4, -0.2) is 7.11 Å². The van der Waals surface area contributed by atoms with Gasteiger partial charge in [-0.15, -0.1) is 0 Å². The van der Waals surface area contributed by atoms with Crippen LogP contribution < -0.4 is 4.74 Å². The fourth-order valence-electron chi connectivity index (χ4n) is 1.10. The molecule has 0 spiro atoms. The van der Waals surface area contributed by atoms with Crippen LogP contribution in [0.3, 0.4) is 0 Å². The van der Waals surface area contributed by atoms with Gasteiger partial charge in [-0.1, -0.05) is 18.2 Å². The van der Waals surface area contributed by atoms with Crippen molar-refractivity contribution in [2.75, 3.05) is 7.11 Å². The van der Waals surface area contributed by atoms with Crippen molar-refractivity contribution in [1.82, 2.24) is 0 Å². The van der Waals surface area contributed by atoms with Crippen LogP contribution in [0.2, 0.25) is 0 Å². The predicted molar refractivity (Wildman–Crippen MR) is 52.4 cm³/mol. The third-order valence-electron chi connectivity index (χ3n) is 1.71. The highest BCUT2D eigenvalue weighted by Crippen LogP contribution is 2.19. The van der Waals surface area contributed by atoms with Crippen molar-refractivity contribution in [3.05, 3.63) is 35.4 Å². The Morgan fingerprint density at radius 1 is 1.46 bits per heavy atom. The largest absolute Gasteiger partial charge is 0.495 e. The van der Waals surface area contributed by atoms with Crippen LogP contribution >= 0.6 is 0 Å². The first-order valence-corrected chi connectivity index (χ1v) is 4.02. The molecule has 0 heterocycles. The molecule has 1 rings (SSSR count). The first-order valence-electron chi connectivity index (χ1n) is 4.02. The molecule has 0 aliphatic rings. The van der Waals surface area contributed by atoms with Gasteiger partial charge in [0.2, 0.25) is 0 Å². The number of allylic oxidation sites excluding steroid dienone is 1.